The van der Waals surface area contributed by atoms with Crippen LogP contribution in [0.3, 0.4) is 0 Å². The summed E-state index contributed by atoms with van der Waals surface area (Å²) in [6.07, 6.45) is 2.81. The highest BCUT2D eigenvalue weighted by Gasteiger charge is 2.20. The average Bonchev–Trinajstić information content (AvgIpc) is 3.14. The fourth-order valence-corrected chi connectivity index (χ4v) is 3.07. The number of benzene rings is 1. The van der Waals surface area contributed by atoms with E-state index < -0.39 is 15.8 Å². The summed E-state index contributed by atoms with van der Waals surface area (Å²) in [5, 5.41) is 3.28. The molecule has 0 aromatic heterocycles. The van der Waals surface area contributed by atoms with Crippen molar-refractivity contribution in [3.05, 3.63) is 29.0 Å². The van der Waals surface area contributed by atoms with Crippen LogP contribution in [0, 0.1) is 5.82 Å². The van der Waals surface area contributed by atoms with Crippen LogP contribution in [0.25, 0.3) is 0 Å². The van der Waals surface area contributed by atoms with Gasteiger partial charge in [-0.1, -0.05) is 17.7 Å². The van der Waals surface area contributed by atoms with Gasteiger partial charge in [0.2, 0.25) is 10.0 Å². The van der Waals surface area contributed by atoms with Crippen LogP contribution in [0.15, 0.2) is 18.2 Å². The molecular weight excluding hydrogens is 291 g/mol. The lowest BCUT2D eigenvalue weighted by molar-refractivity contribution is 0.591. The van der Waals surface area contributed by atoms with Crippen LogP contribution in [0.4, 0.5) is 10.1 Å². The van der Waals surface area contributed by atoms with Gasteiger partial charge < -0.3 is 5.32 Å². The molecule has 0 amide bonds. The maximum absolute atomic E-state index is 13.5. The minimum Gasteiger partial charge on any atom is -0.314 e. The van der Waals surface area contributed by atoms with E-state index in [0.717, 1.165) is 12.8 Å². The molecule has 1 aliphatic rings. The molecule has 1 aromatic carbocycles. The molecule has 0 saturated heterocycles. The first-order valence-corrected chi connectivity index (χ1v) is 8.19. The SMILES string of the molecule is O=S(=O)(CCCNC1CC1)Nc1c(F)cccc1Cl. The van der Waals surface area contributed by atoms with Crippen LogP contribution in [0.2, 0.25) is 5.02 Å². The lowest BCUT2D eigenvalue weighted by atomic mass is 10.3. The Morgan fingerprint density at radius 1 is 1.37 bits per heavy atom. The highest BCUT2D eigenvalue weighted by molar-refractivity contribution is 7.92. The summed E-state index contributed by atoms with van der Waals surface area (Å²) in [6, 6.07) is 4.58. The van der Waals surface area contributed by atoms with Crippen molar-refractivity contribution in [3.63, 3.8) is 0 Å². The number of anilines is 1. The van der Waals surface area contributed by atoms with Gasteiger partial charge in [0.25, 0.3) is 0 Å². The smallest absolute Gasteiger partial charge is 0.232 e. The second-order valence-corrected chi connectivity index (χ2v) is 6.85. The van der Waals surface area contributed by atoms with Crippen molar-refractivity contribution in [2.75, 3.05) is 17.0 Å². The molecule has 106 valence electrons. The minimum atomic E-state index is -3.57. The molecule has 2 N–H and O–H groups in total. The molecule has 0 aliphatic heterocycles. The van der Waals surface area contributed by atoms with E-state index in [1.54, 1.807) is 0 Å². The zero-order valence-corrected chi connectivity index (χ0v) is 11.9. The number of hydrogen-bond acceptors (Lipinski definition) is 3. The summed E-state index contributed by atoms with van der Waals surface area (Å²) in [7, 11) is -3.57. The van der Waals surface area contributed by atoms with Gasteiger partial charge in [-0.05, 0) is 37.9 Å². The van der Waals surface area contributed by atoms with Crippen molar-refractivity contribution in [2.24, 2.45) is 0 Å². The van der Waals surface area contributed by atoms with E-state index in [1.165, 1.54) is 18.2 Å². The molecule has 1 saturated carbocycles. The van der Waals surface area contributed by atoms with Gasteiger partial charge in [-0.2, -0.15) is 0 Å². The van der Waals surface area contributed by atoms with E-state index in [9.17, 15) is 12.8 Å². The van der Waals surface area contributed by atoms with Gasteiger partial charge in [0.15, 0.2) is 0 Å². The predicted octanol–water partition coefficient (Wildman–Crippen LogP) is 2.36. The maximum atomic E-state index is 13.5. The van der Waals surface area contributed by atoms with E-state index in [0.29, 0.717) is 19.0 Å². The number of halogens is 2. The van der Waals surface area contributed by atoms with Gasteiger partial charge in [0.1, 0.15) is 11.5 Å². The van der Waals surface area contributed by atoms with Gasteiger partial charge in [-0.25, -0.2) is 12.8 Å². The average molecular weight is 307 g/mol. The fraction of sp³-hybridized carbons (Fsp3) is 0.500. The van der Waals surface area contributed by atoms with Crippen LogP contribution >= 0.6 is 11.6 Å². The second kappa shape index (κ2) is 6.07. The molecule has 4 nitrogen and oxygen atoms in total. The zero-order chi connectivity index (χ0) is 13.9. The van der Waals surface area contributed by atoms with E-state index in [1.807, 2.05) is 0 Å². The molecule has 19 heavy (non-hydrogen) atoms. The number of hydrogen-bond donors (Lipinski definition) is 2. The first-order chi connectivity index (χ1) is 8.98. The molecule has 2 rings (SSSR count). The number of rotatable bonds is 7. The Balaban J connectivity index is 1.88. The van der Waals surface area contributed by atoms with Crippen LogP contribution in [-0.4, -0.2) is 26.8 Å². The van der Waals surface area contributed by atoms with Crippen molar-refractivity contribution in [3.8, 4) is 0 Å². The lowest BCUT2D eigenvalue weighted by Gasteiger charge is -2.10. The van der Waals surface area contributed by atoms with Crippen molar-refractivity contribution in [1.29, 1.82) is 0 Å². The molecule has 0 radical (unpaired) electrons. The first kappa shape index (κ1) is 14.6. The zero-order valence-electron chi connectivity index (χ0n) is 10.3. The lowest BCUT2D eigenvalue weighted by Crippen LogP contribution is -2.23. The Morgan fingerprint density at radius 3 is 2.74 bits per heavy atom. The Hall–Kier alpha value is -0.850. The van der Waals surface area contributed by atoms with Crippen molar-refractivity contribution in [2.45, 2.75) is 25.3 Å². The Kier molecular flexibility index (Phi) is 4.65. The second-order valence-electron chi connectivity index (χ2n) is 4.60. The molecule has 0 unspecified atom stereocenters. The van der Waals surface area contributed by atoms with Crippen LogP contribution in [0.5, 0.6) is 0 Å². The summed E-state index contributed by atoms with van der Waals surface area (Å²) in [5.41, 5.74) is -0.181. The molecule has 7 heteroatoms. The molecule has 0 spiro atoms. The van der Waals surface area contributed by atoms with E-state index >= 15 is 0 Å². The Morgan fingerprint density at radius 2 is 2.11 bits per heavy atom. The highest BCUT2D eigenvalue weighted by atomic mass is 35.5. The quantitative estimate of drug-likeness (QED) is 0.760. The molecule has 0 heterocycles. The van der Waals surface area contributed by atoms with Gasteiger partial charge in [0, 0.05) is 6.04 Å². The third kappa shape index (κ3) is 4.63. The monoisotopic (exact) mass is 306 g/mol. The largest absolute Gasteiger partial charge is 0.314 e. The van der Waals surface area contributed by atoms with Crippen LogP contribution in [-0.2, 0) is 10.0 Å². The molecular formula is C12H16ClFN2O2S. The minimum absolute atomic E-state index is 0.0553. The summed E-state index contributed by atoms with van der Waals surface area (Å²) < 4.78 is 39.3. The molecule has 0 atom stereocenters. The Bertz CT molecular complexity index is 526. The van der Waals surface area contributed by atoms with E-state index in [-0.39, 0.29) is 16.5 Å². The number of sulfonamides is 1. The van der Waals surface area contributed by atoms with Gasteiger partial charge >= 0.3 is 0 Å². The normalized spacial score (nSPS) is 15.5. The fourth-order valence-electron chi connectivity index (χ4n) is 1.66. The molecule has 0 bridgehead atoms. The Labute approximate surface area is 117 Å². The predicted molar refractivity (Wildman–Crippen MR) is 74.5 cm³/mol. The highest BCUT2D eigenvalue weighted by Crippen LogP contribution is 2.25. The first-order valence-electron chi connectivity index (χ1n) is 6.16. The summed E-state index contributed by atoms with van der Waals surface area (Å²) in [5.74, 6) is -0.732. The summed E-state index contributed by atoms with van der Waals surface area (Å²) in [6.45, 7) is 0.649. The van der Waals surface area contributed by atoms with Crippen molar-refractivity contribution in [1.82, 2.24) is 5.32 Å². The topological polar surface area (TPSA) is 58.2 Å². The summed E-state index contributed by atoms with van der Waals surface area (Å²) >= 11 is 5.77. The van der Waals surface area contributed by atoms with Gasteiger partial charge in [-0.15, -0.1) is 0 Å². The third-order valence-corrected chi connectivity index (χ3v) is 4.48. The van der Waals surface area contributed by atoms with E-state index in [2.05, 4.69) is 10.0 Å². The maximum Gasteiger partial charge on any atom is 0.232 e. The molecule has 1 fully saturated rings. The standard InChI is InChI=1S/C12H16ClFN2O2S/c13-10-3-1-4-11(14)12(10)16-19(17,18)8-2-7-15-9-5-6-9/h1,3-4,9,15-16H,2,5-8H2. The van der Waals surface area contributed by atoms with E-state index in [4.69, 9.17) is 11.6 Å². The van der Waals surface area contributed by atoms with Crippen molar-refractivity contribution >= 4 is 27.3 Å². The van der Waals surface area contributed by atoms with Crippen molar-refractivity contribution < 1.29 is 12.8 Å². The molecule has 1 aromatic rings. The number of nitrogens with one attached hydrogen (secondary N) is 2. The van der Waals surface area contributed by atoms with Crippen LogP contribution < -0.4 is 10.0 Å². The van der Waals surface area contributed by atoms with Gasteiger partial charge in [-0.3, -0.25) is 4.72 Å². The molecule has 1 aliphatic carbocycles. The van der Waals surface area contributed by atoms with Gasteiger partial charge in [0.05, 0.1) is 10.8 Å². The van der Waals surface area contributed by atoms with Crippen LogP contribution in [0.1, 0.15) is 19.3 Å². The number of para-hydroxylation sites is 1. The third-order valence-electron chi connectivity index (χ3n) is 2.82. The summed E-state index contributed by atoms with van der Waals surface area (Å²) in [4.78, 5) is 0.